The fourth-order valence-electron chi connectivity index (χ4n) is 0.912. The molecule has 0 aromatic carbocycles. The van der Waals surface area contributed by atoms with Crippen molar-refractivity contribution in [3.63, 3.8) is 0 Å². The maximum absolute atomic E-state index is 11.3. The average Bonchev–Trinajstić information content (AvgIpc) is 2.10. The average molecular weight is 249 g/mol. The fourth-order valence-corrected chi connectivity index (χ4v) is 1.05. The van der Waals surface area contributed by atoms with Gasteiger partial charge in [0.1, 0.15) is 0 Å². The van der Waals surface area contributed by atoms with Crippen LogP contribution in [0, 0.1) is 5.92 Å². The summed E-state index contributed by atoms with van der Waals surface area (Å²) in [5, 5.41) is 2.76. The molecule has 0 bridgehead atoms. The molecule has 0 saturated heterocycles. The molecule has 0 aliphatic heterocycles. The van der Waals surface area contributed by atoms with E-state index in [0.717, 1.165) is 17.3 Å². The summed E-state index contributed by atoms with van der Waals surface area (Å²) >= 11 is 3.18. The molecule has 3 nitrogen and oxygen atoms in total. The lowest BCUT2D eigenvalue weighted by atomic mass is 10.1. The third kappa shape index (κ3) is 6.78. The zero-order valence-corrected chi connectivity index (χ0v) is 9.56. The molecular weight excluding hydrogens is 232 g/mol. The molecular formula is C9H17BrN2O. The molecule has 3 N–H and O–H groups in total. The van der Waals surface area contributed by atoms with Gasteiger partial charge in [-0.25, -0.2) is 0 Å². The second-order valence-corrected chi connectivity index (χ2v) is 4.19. The van der Waals surface area contributed by atoms with Gasteiger partial charge < -0.3 is 11.1 Å². The molecule has 0 aliphatic carbocycles. The summed E-state index contributed by atoms with van der Waals surface area (Å²) in [6.45, 7) is 6.67. The molecule has 1 amide bonds. The van der Waals surface area contributed by atoms with E-state index in [-0.39, 0.29) is 11.8 Å². The summed E-state index contributed by atoms with van der Waals surface area (Å²) in [4.78, 5) is 11.3. The highest BCUT2D eigenvalue weighted by Gasteiger charge is 2.10. The molecule has 0 fully saturated rings. The minimum Gasteiger partial charge on any atom is -0.351 e. The summed E-state index contributed by atoms with van der Waals surface area (Å²) in [5.41, 5.74) is 5.35. The van der Waals surface area contributed by atoms with Crippen molar-refractivity contribution in [2.45, 2.75) is 19.8 Å². The van der Waals surface area contributed by atoms with Crippen LogP contribution in [0.3, 0.4) is 0 Å². The van der Waals surface area contributed by atoms with E-state index in [4.69, 9.17) is 5.73 Å². The Morgan fingerprint density at radius 3 is 2.77 bits per heavy atom. The van der Waals surface area contributed by atoms with Crippen molar-refractivity contribution in [3.8, 4) is 0 Å². The third-order valence-electron chi connectivity index (χ3n) is 1.74. The van der Waals surface area contributed by atoms with Crippen molar-refractivity contribution in [2.24, 2.45) is 11.7 Å². The van der Waals surface area contributed by atoms with Gasteiger partial charge in [0.15, 0.2) is 0 Å². The highest BCUT2D eigenvalue weighted by atomic mass is 79.9. The Labute approximate surface area is 87.9 Å². The Morgan fingerprint density at radius 2 is 2.31 bits per heavy atom. The first-order valence-corrected chi connectivity index (χ1v) is 5.18. The van der Waals surface area contributed by atoms with Gasteiger partial charge in [-0.15, -0.1) is 0 Å². The number of carbonyl (C=O) groups is 1. The van der Waals surface area contributed by atoms with E-state index in [0.29, 0.717) is 13.1 Å². The van der Waals surface area contributed by atoms with Gasteiger partial charge in [0.05, 0.1) is 0 Å². The maximum Gasteiger partial charge on any atom is 0.223 e. The standard InChI is InChI=1S/C9H17BrN2O/c1-7(4-3-5-11)9(13)12-6-8(2)10/h7H,2-6,11H2,1H3,(H,12,13). The van der Waals surface area contributed by atoms with Gasteiger partial charge in [0, 0.05) is 16.9 Å². The predicted molar refractivity (Wildman–Crippen MR) is 58.5 cm³/mol. The Bertz CT molecular complexity index is 182. The van der Waals surface area contributed by atoms with Gasteiger partial charge in [-0.3, -0.25) is 4.79 Å². The number of halogens is 1. The monoisotopic (exact) mass is 248 g/mol. The summed E-state index contributed by atoms with van der Waals surface area (Å²) < 4.78 is 0.784. The van der Waals surface area contributed by atoms with Crippen LogP contribution in [0.25, 0.3) is 0 Å². The fraction of sp³-hybridized carbons (Fsp3) is 0.667. The molecule has 13 heavy (non-hydrogen) atoms. The SMILES string of the molecule is C=C(Br)CNC(=O)C(C)CCCN. The minimum absolute atomic E-state index is 0.0374. The number of hydrogen-bond donors (Lipinski definition) is 2. The van der Waals surface area contributed by atoms with Crippen LogP contribution in [0.1, 0.15) is 19.8 Å². The molecule has 0 saturated carbocycles. The van der Waals surface area contributed by atoms with Gasteiger partial charge in [-0.1, -0.05) is 29.4 Å². The van der Waals surface area contributed by atoms with Crippen LogP contribution in [-0.2, 0) is 4.79 Å². The lowest BCUT2D eigenvalue weighted by molar-refractivity contribution is -0.124. The number of carbonyl (C=O) groups excluding carboxylic acids is 1. The minimum atomic E-state index is 0.0374. The molecule has 1 unspecified atom stereocenters. The van der Waals surface area contributed by atoms with Gasteiger partial charge >= 0.3 is 0 Å². The Kier molecular flexibility index (Phi) is 6.90. The van der Waals surface area contributed by atoms with E-state index in [9.17, 15) is 4.79 Å². The van der Waals surface area contributed by atoms with E-state index in [1.54, 1.807) is 0 Å². The highest BCUT2D eigenvalue weighted by molar-refractivity contribution is 9.11. The Hall–Kier alpha value is -0.350. The molecule has 0 heterocycles. The predicted octanol–water partition coefficient (Wildman–Crippen LogP) is 1.39. The number of rotatable bonds is 6. The van der Waals surface area contributed by atoms with Crippen LogP contribution in [0.15, 0.2) is 11.1 Å². The second-order valence-electron chi connectivity index (χ2n) is 3.07. The summed E-state index contributed by atoms with van der Waals surface area (Å²) in [6.07, 6.45) is 1.74. The largest absolute Gasteiger partial charge is 0.351 e. The normalized spacial score (nSPS) is 12.2. The first-order chi connectivity index (χ1) is 6.07. The smallest absolute Gasteiger partial charge is 0.223 e. The molecule has 0 aliphatic rings. The molecule has 76 valence electrons. The Morgan fingerprint density at radius 1 is 1.69 bits per heavy atom. The first kappa shape index (κ1) is 12.7. The first-order valence-electron chi connectivity index (χ1n) is 4.39. The molecule has 0 rings (SSSR count). The third-order valence-corrected chi connectivity index (χ3v) is 2.02. The van der Waals surface area contributed by atoms with E-state index < -0.39 is 0 Å². The van der Waals surface area contributed by atoms with E-state index in [1.807, 2.05) is 6.92 Å². The number of amides is 1. The van der Waals surface area contributed by atoms with Crippen LogP contribution in [0.5, 0.6) is 0 Å². The van der Waals surface area contributed by atoms with Crippen LogP contribution < -0.4 is 11.1 Å². The zero-order chi connectivity index (χ0) is 10.3. The zero-order valence-electron chi connectivity index (χ0n) is 7.98. The quantitative estimate of drug-likeness (QED) is 0.747. The van der Waals surface area contributed by atoms with Gasteiger partial charge in [-0.2, -0.15) is 0 Å². The molecule has 4 heteroatoms. The van der Waals surface area contributed by atoms with Crippen LogP contribution in [-0.4, -0.2) is 19.0 Å². The van der Waals surface area contributed by atoms with E-state index >= 15 is 0 Å². The molecule has 0 spiro atoms. The van der Waals surface area contributed by atoms with Crippen LogP contribution >= 0.6 is 15.9 Å². The number of hydrogen-bond acceptors (Lipinski definition) is 2. The number of nitrogens with two attached hydrogens (primary N) is 1. The van der Waals surface area contributed by atoms with Gasteiger partial charge in [0.25, 0.3) is 0 Å². The van der Waals surface area contributed by atoms with Gasteiger partial charge in [0.2, 0.25) is 5.91 Å². The van der Waals surface area contributed by atoms with Crippen molar-refractivity contribution in [1.29, 1.82) is 0 Å². The maximum atomic E-state index is 11.3. The summed E-state index contributed by atoms with van der Waals surface area (Å²) in [6, 6.07) is 0. The van der Waals surface area contributed by atoms with Crippen molar-refractivity contribution in [2.75, 3.05) is 13.1 Å². The second kappa shape index (κ2) is 7.09. The van der Waals surface area contributed by atoms with Crippen LogP contribution in [0.4, 0.5) is 0 Å². The lowest BCUT2D eigenvalue weighted by Gasteiger charge is -2.10. The number of nitrogens with one attached hydrogen (secondary N) is 1. The van der Waals surface area contributed by atoms with Gasteiger partial charge in [-0.05, 0) is 19.4 Å². The van der Waals surface area contributed by atoms with E-state index in [2.05, 4.69) is 27.8 Å². The molecule has 1 atom stereocenters. The molecule has 0 aromatic heterocycles. The van der Waals surface area contributed by atoms with Crippen molar-refractivity contribution in [1.82, 2.24) is 5.32 Å². The summed E-state index contributed by atoms with van der Waals surface area (Å²) in [7, 11) is 0. The topological polar surface area (TPSA) is 55.1 Å². The molecule has 0 radical (unpaired) electrons. The summed E-state index contributed by atoms with van der Waals surface area (Å²) in [5.74, 6) is 0.101. The highest BCUT2D eigenvalue weighted by Crippen LogP contribution is 2.05. The van der Waals surface area contributed by atoms with E-state index in [1.165, 1.54) is 0 Å². The Balaban J connectivity index is 3.63. The van der Waals surface area contributed by atoms with Crippen molar-refractivity contribution < 1.29 is 4.79 Å². The van der Waals surface area contributed by atoms with Crippen molar-refractivity contribution >= 4 is 21.8 Å². The van der Waals surface area contributed by atoms with Crippen molar-refractivity contribution in [3.05, 3.63) is 11.1 Å². The molecule has 0 aromatic rings. The lowest BCUT2D eigenvalue weighted by Crippen LogP contribution is -2.30. The van der Waals surface area contributed by atoms with Crippen LogP contribution in [0.2, 0.25) is 0 Å².